The van der Waals surface area contributed by atoms with E-state index in [1.54, 1.807) is 0 Å². The highest BCUT2D eigenvalue weighted by molar-refractivity contribution is 7.16. The summed E-state index contributed by atoms with van der Waals surface area (Å²) >= 11 is 0.755. The second-order valence-electron chi connectivity index (χ2n) is 5.40. The SMILES string of the molecule is NC(=O)c1ccc(C2=NO[C@](c3c(F)cc(F)cc3F)(C(F)(F)F)C2)s1. The van der Waals surface area contributed by atoms with E-state index >= 15 is 0 Å². The summed E-state index contributed by atoms with van der Waals surface area (Å²) in [4.78, 5) is 15.8. The Balaban J connectivity index is 2.07. The van der Waals surface area contributed by atoms with Crippen LogP contribution in [0, 0.1) is 17.5 Å². The highest BCUT2D eigenvalue weighted by Gasteiger charge is 2.64. The van der Waals surface area contributed by atoms with E-state index in [1.165, 1.54) is 12.1 Å². The van der Waals surface area contributed by atoms with Gasteiger partial charge in [0.2, 0.25) is 0 Å². The van der Waals surface area contributed by atoms with Crippen LogP contribution >= 0.6 is 11.3 Å². The van der Waals surface area contributed by atoms with Crippen LogP contribution in [-0.2, 0) is 10.4 Å². The lowest BCUT2D eigenvalue weighted by atomic mass is 9.87. The Morgan fingerprint density at radius 2 is 1.81 bits per heavy atom. The van der Waals surface area contributed by atoms with Crippen LogP contribution in [0.4, 0.5) is 26.3 Å². The van der Waals surface area contributed by atoms with Gasteiger partial charge in [-0.3, -0.25) is 4.79 Å². The van der Waals surface area contributed by atoms with E-state index in [2.05, 4.69) is 9.99 Å². The van der Waals surface area contributed by atoms with Crippen molar-refractivity contribution in [3.63, 3.8) is 0 Å². The van der Waals surface area contributed by atoms with Crippen LogP contribution < -0.4 is 5.73 Å². The molecule has 1 aromatic carbocycles. The predicted molar refractivity (Wildman–Crippen MR) is 79.1 cm³/mol. The van der Waals surface area contributed by atoms with Crippen molar-refractivity contribution in [2.45, 2.75) is 18.2 Å². The molecule has 4 nitrogen and oxygen atoms in total. The second kappa shape index (κ2) is 6.01. The van der Waals surface area contributed by atoms with Gasteiger partial charge in [-0.1, -0.05) is 5.16 Å². The smallest absolute Gasteiger partial charge is 0.374 e. The lowest BCUT2D eigenvalue weighted by Crippen LogP contribution is -2.44. The monoisotopic (exact) mass is 394 g/mol. The number of amides is 1. The van der Waals surface area contributed by atoms with Gasteiger partial charge in [0, 0.05) is 12.1 Å². The number of hydrogen-bond acceptors (Lipinski definition) is 4. The maximum Gasteiger partial charge on any atom is 0.436 e. The first-order valence-corrected chi connectivity index (χ1v) is 7.73. The zero-order chi connectivity index (χ0) is 19.3. The van der Waals surface area contributed by atoms with Gasteiger partial charge in [-0.25, -0.2) is 13.2 Å². The summed E-state index contributed by atoms with van der Waals surface area (Å²) in [5.41, 5.74) is -0.142. The van der Waals surface area contributed by atoms with Gasteiger partial charge in [0.25, 0.3) is 11.5 Å². The molecule has 2 aromatic rings. The molecule has 1 amide bonds. The zero-order valence-electron chi connectivity index (χ0n) is 12.5. The van der Waals surface area contributed by atoms with Gasteiger partial charge in [0.05, 0.1) is 21.7 Å². The van der Waals surface area contributed by atoms with Gasteiger partial charge in [0.1, 0.15) is 23.2 Å². The molecule has 1 aromatic heterocycles. The number of nitrogens with zero attached hydrogens (tertiary/aromatic N) is 1. The van der Waals surface area contributed by atoms with Crippen LogP contribution in [-0.4, -0.2) is 17.8 Å². The molecule has 26 heavy (non-hydrogen) atoms. The van der Waals surface area contributed by atoms with Crippen LogP contribution in [0.2, 0.25) is 0 Å². The Morgan fingerprint density at radius 3 is 2.31 bits per heavy atom. The van der Waals surface area contributed by atoms with Crippen molar-refractivity contribution < 1.29 is 36.0 Å². The van der Waals surface area contributed by atoms with E-state index < -0.39 is 47.1 Å². The lowest BCUT2D eigenvalue weighted by Gasteiger charge is -2.29. The number of oxime groups is 1. The summed E-state index contributed by atoms with van der Waals surface area (Å²) < 4.78 is 82.1. The summed E-state index contributed by atoms with van der Waals surface area (Å²) in [5.74, 6) is -5.66. The Kier molecular flexibility index (Phi) is 4.21. The van der Waals surface area contributed by atoms with Crippen LogP contribution in [0.5, 0.6) is 0 Å². The third-order valence-electron chi connectivity index (χ3n) is 3.73. The topological polar surface area (TPSA) is 64.7 Å². The number of benzene rings is 1. The number of rotatable bonds is 3. The van der Waals surface area contributed by atoms with Crippen LogP contribution in [0.15, 0.2) is 29.4 Å². The number of alkyl halides is 3. The lowest BCUT2D eigenvalue weighted by molar-refractivity contribution is -0.277. The third kappa shape index (κ3) is 2.81. The number of thiophene rings is 1. The number of halogens is 6. The molecule has 0 aliphatic carbocycles. The summed E-state index contributed by atoms with van der Waals surface area (Å²) in [7, 11) is 0. The molecular formula is C15H8F6N2O2S. The molecule has 138 valence electrons. The first kappa shape index (κ1) is 18.2. The maximum absolute atomic E-state index is 14.0. The highest BCUT2D eigenvalue weighted by Crippen LogP contribution is 2.50. The molecule has 0 bridgehead atoms. The standard InChI is InChI=1S/C15H8F6N2O2S/c16-6-3-7(17)12(8(18)4-6)14(15(19,20)21)5-9(23-25-14)10-1-2-11(26-10)13(22)24/h1-4H,5H2,(H2,22,24)/t14-/m1/s1. The molecule has 0 radical (unpaired) electrons. The van der Waals surface area contributed by atoms with E-state index in [0.29, 0.717) is 0 Å². The summed E-state index contributed by atoms with van der Waals surface area (Å²) in [6.07, 6.45) is -6.32. The molecular weight excluding hydrogens is 386 g/mol. The summed E-state index contributed by atoms with van der Waals surface area (Å²) in [6.45, 7) is 0. The van der Waals surface area contributed by atoms with Gasteiger partial charge in [-0.05, 0) is 12.1 Å². The minimum absolute atomic E-state index is 0.0614. The van der Waals surface area contributed by atoms with Crippen LogP contribution in [0.3, 0.4) is 0 Å². The first-order valence-electron chi connectivity index (χ1n) is 6.92. The third-order valence-corrected chi connectivity index (χ3v) is 4.88. The summed E-state index contributed by atoms with van der Waals surface area (Å²) in [5, 5.41) is 3.31. The normalized spacial score (nSPS) is 20.0. The number of carbonyl (C=O) groups is 1. The maximum atomic E-state index is 14.0. The number of hydrogen-bond donors (Lipinski definition) is 1. The van der Waals surface area contributed by atoms with Gasteiger partial charge in [0.15, 0.2) is 0 Å². The number of carbonyl (C=O) groups excluding carboxylic acids is 1. The fraction of sp³-hybridized carbons (Fsp3) is 0.200. The van der Waals surface area contributed by atoms with E-state index in [-0.39, 0.29) is 27.6 Å². The van der Waals surface area contributed by atoms with Gasteiger partial charge in [-0.15, -0.1) is 11.3 Å². The van der Waals surface area contributed by atoms with Crippen molar-refractivity contribution in [1.29, 1.82) is 0 Å². The van der Waals surface area contributed by atoms with Gasteiger partial charge >= 0.3 is 6.18 Å². The summed E-state index contributed by atoms with van der Waals surface area (Å²) in [6, 6.07) is 2.82. The Hall–Kier alpha value is -2.56. The molecule has 0 fully saturated rings. The number of nitrogens with two attached hydrogens (primary N) is 1. The average molecular weight is 394 g/mol. The average Bonchev–Trinajstić information content (AvgIpc) is 3.12. The van der Waals surface area contributed by atoms with E-state index in [1.807, 2.05) is 0 Å². The van der Waals surface area contributed by atoms with Crippen molar-refractivity contribution in [1.82, 2.24) is 0 Å². The predicted octanol–water partition coefficient (Wildman–Crippen LogP) is 3.85. The molecule has 1 aliphatic rings. The van der Waals surface area contributed by atoms with Crippen LogP contribution in [0.25, 0.3) is 0 Å². The molecule has 0 spiro atoms. The minimum Gasteiger partial charge on any atom is -0.374 e. The Labute approximate surface area is 145 Å². The first-order chi connectivity index (χ1) is 12.0. The molecule has 0 saturated carbocycles. The van der Waals surface area contributed by atoms with Crippen molar-refractivity contribution in [3.8, 4) is 0 Å². The zero-order valence-corrected chi connectivity index (χ0v) is 13.4. The number of primary amides is 1. The molecule has 11 heteroatoms. The minimum atomic E-state index is -5.26. The molecule has 0 saturated heterocycles. The fourth-order valence-corrected chi connectivity index (χ4v) is 3.38. The quantitative estimate of drug-likeness (QED) is 0.804. The van der Waals surface area contributed by atoms with Crippen LogP contribution in [0.1, 0.15) is 26.5 Å². The van der Waals surface area contributed by atoms with Gasteiger partial charge in [-0.2, -0.15) is 13.2 Å². The van der Waals surface area contributed by atoms with E-state index in [4.69, 9.17) is 5.73 Å². The Bertz CT molecular complexity index is 900. The molecule has 1 aliphatic heterocycles. The molecule has 3 rings (SSSR count). The molecule has 1 atom stereocenters. The second-order valence-corrected chi connectivity index (χ2v) is 6.49. The van der Waals surface area contributed by atoms with Crippen molar-refractivity contribution in [2.75, 3.05) is 0 Å². The van der Waals surface area contributed by atoms with E-state index in [9.17, 15) is 31.1 Å². The van der Waals surface area contributed by atoms with Gasteiger partial charge < -0.3 is 10.6 Å². The Morgan fingerprint density at radius 1 is 1.19 bits per heavy atom. The molecule has 0 unspecified atom stereocenters. The van der Waals surface area contributed by atoms with E-state index in [0.717, 1.165) is 11.3 Å². The largest absolute Gasteiger partial charge is 0.436 e. The fourth-order valence-electron chi connectivity index (χ4n) is 2.55. The molecule has 2 heterocycles. The van der Waals surface area contributed by atoms with Crippen molar-refractivity contribution in [3.05, 3.63) is 57.0 Å². The van der Waals surface area contributed by atoms with Crippen molar-refractivity contribution >= 4 is 23.0 Å². The van der Waals surface area contributed by atoms with Crippen molar-refractivity contribution in [2.24, 2.45) is 10.9 Å². The highest BCUT2D eigenvalue weighted by atomic mass is 32.1. The molecule has 2 N–H and O–H groups in total.